The predicted molar refractivity (Wildman–Crippen MR) is 113 cm³/mol. The molecule has 0 spiro atoms. The maximum Gasteiger partial charge on any atom is 0.342 e. The van der Waals surface area contributed by atoms with Crippen LogP contribution in [0.5, 0.6) is 0 Å². The van der Waals surface area contributed by atoms with E-state index in [4.69, 9.17) is 10.2 Å². The molecule has 35 heavy (non-hydrogen) atoms. The highest BCUT2D eigenvalue weighted by Crippen LogP contribution is 2.08. The first-order chi connectivity index (χ1) is 16.5. The lowest BCUT2D eigenvalue weighted by atomic mass is 10.1. The summed E-state index contributed by atoms with van der Waals surface area (Å²) in [6.45, 7) is -0.381. The number of hydroxylamine groups is 2. The van der Waals surface area contributed by atoms with Crippen molar-refractivity contribution in [2.45, 2.75) is 63.6 Å². The minimum absolute atomic E-state index is 0.0847. The third-order valence-electron chi connectivity index (χ3n) is 4.72. The van der Waals surface area contributed by atoms with Gasteiger partial charge in [-0.1, -0.05) is 5.21 Å². The van der Waals surface area contributed by atoms with Crippen LogP contribution in [0.3, 0.4) is 0 Å². The summed E-state index contributed by atoms with van der Waals surface area (Å²) < 4.78 is 13.5. The summed E-state index contributed by atoms with van der Waals surface area (Å²) in [5.41, 5.74) is 0.565. The largest absolute Gasteiger partial charge is 0.481 e. The number of nitrogens with zero attached hydrogens (tertiary/aromatic N) is 4. The van der Waals surface area contributed by atoms with E-state index < -0.39 is 55.5 Å². The molecule has 0 bridgehead atoms. The summed E-state index contributed by atoms with van der Waals surface area (Å²) in [6.07, 6.45) is 1.56. The number of carboxylic acid groups (broad SMARTS) is 3. The Balaban J connectivity index is 2.42. The van der Waals surface area contributed by atoms with Crippen molar-refractivity contribution in [3.63, 3.8) is 0 Å². The Kier molecular flexibility index (Phi) is 12.6. The first-order valence-electron chi connectivity index (χ1n) is 10.7. The van der Waals surface area contributed by atoms with Crippen LogP contribution in [0.1, 0.15) is 44.2 Å². The van der Waals surface area contributed by atoms with E-state index in [-0.39, 0.29) is 36.9 Å². The van der Waals surface area contributed by atoms with Crippen molar-refractivity contribution in [1.82, 2.24) is 30.7 Å². The van der Waals surface area contributed by atoms with Crippen molar-refractivity contribution < 1.29 is 48.9 Å². The zero-order valence-electron chi connectivity index (χ0n) is 18.8. The summed E-state index contributed by atoms with van der Waals surface area (Å²) in [7, 11) is 0. The Labute approximate surface area is 198 Å². The van der Waals surface area contributed by atoms with Gasteiger partial charge in [-0.05, 0) is 38.5 Å². The molecule has 16 heteroatoms. The molecular formula is C19H29FN6O9. The lowest BCUT2D eigenvalue weighted by molar-refractivity contribution is -0.158. The first kappa shape index (κ1) is 29.2. The number of aliphatic carboxylic acids is 3. The van der Waals surface area contributed by atoms with E-state index in [9.17, 15) is 38.7 Å². The minimum atomic E-state index is -1.87. The smallest absolute Gasteiger partial charge is 0.342 e. The van der Waals surface area contributed by atoms with Gasteiger partial charge in [-0.2, -0.15) is 5.06 Å². The fraction of sp³-hybridized carbons (Fsp3) is 0.632. The summed E-state index contributed by atoms with van der Waals surface area (Å²) in [6, 6.07) is -4.73. The van der Waals surface area contributed by atoms with Gasteiger partial charge in [-0.15, -0.1) is 5.10 Å². The third kappa shape index (κ3) is 11.2. The summed E-state index contributed by atoms with van der Waals surface area (Å²) in [5.74, 6) is -4.79. The number of urea groups is 1. The van der Waals surface area contributed by atoms with E-state index in [0.717, 1.165) is 0 Å². The summed E-state index contributed by atoms with van der Waals surface area (Å²) >= 11 is 0. The molecule has 0 aromatic carbocycles. The van der Waals surface area contributed by atoms with Crippen molar-refractivity contribution in [1.29, 1.82) is 0 Å². The zero-order chi connectivity index (χ0) is 26.4. The number of unbranched alkanes of at least 4 members (excludes halogenated alkanes) is 1. The van der Waals surface area contributed by atoms with Crippen LogP contribution in [0.4, 0.5) is 9.18 Å². The number of rotatable bonds is 17. The fourth-order valence-electron chi connectivity index (χ4n) is 2.91. The molecule has 1 aromatic rings. The molecule has 0 radical (unpaired) electrons. The van der Waals surface area contributed by atoms with Crippen LogP contribution in [0.25, 0.3) is 0 Å². The number of aromatic nitrogens is 3. The highest BCUT2D eigenvalue weighted by Gasteiger charge is 2.31. The van der Waals surface area contributed by atoms with Crippen LogP contribution in [0.2, 0.25) is 0 Å². The van der Waals surface area contributed by atoms with Crippen LogP contribution in [0.15, 0.2) is 6.20 Å². The number of aryl methyl sites for hydroxylation is 1. The highest BCUT2D eigenvalue weighted by molar-refractivity contribution is 5.85. The second-order valence-electron chi connectivity index (χ2n) is 7.52. The molecule has 3 amide bonds. The molecule has 0 unspecified atom stereocenters. The van der Waals surface area contributed by atoms with Crippen molar-refractivity contribution in [2.24, 2.45) is 0 Å². The van der Waals surface area contributed by atoms with Crippen molar-refractivity contribution in [3.05, 3.63) is 11.9 Å². The average molecular weight is 504 g/mol. The molecule has 1 heterocycles. The van der Waals surface area contributed by atoms with Crippen molar-refractivity contribution >= 4 is 29.8 Å². The van der Waals surface area contributed by atoms with Crippen molar-refractivity contribution in [2.75, 3.05) is 13.2 Å². The number of carbonyl (C=O) groups excluding carboxylic acids is 2. The van der Waals surface area contributed by atoms with Gasteiger partial charge in [-0.25, -0.2) is 19.1 Å². The Morgan fingerprint density at radius 1 is 1.06 bits per heavy atom. The van der Waals surface area contributed by atoms with Gasteiger partial charge in [0.1, 0.15) is 12.6 Å². The normalized spacial score (nSPS) is 12.4. The molecule has 0 aliphatic carbocycles. The van der Waals surface area contributed by atoms with Gasteiger partial charge in [0, 0.05) is 19.2 Å². The third-order valence-corrected chi connectivity index (χ3v) is 4.72. The van der Waals surface area contributed by atoms with Crippen LogP contribution in [0, 0.1) is 0 Å². The zero-order valence-corrected chi connectivity index (χ0v) is 18.8. The van der Waals surface area contributed by atoms with Crippen LogP contribution in [-0.2, 0) is 32.1 Å². The van der Waals surface area contributed by atoms with Gasteiger partial charge >= 0.3 is 23.9 Å². The molecule has 0 aliphatic rings. The van der Waals surface area contributed by atoms with E-state index in [2.05, 4.69) is 15.6 Å². The van der Waals surface area contributed by atoms with Gasteiger partial charge in [0.25, 0.3) is 0 Å². The second kappa shape index (κ2) is 15.2. The summed E-state index contributed by atoms with van der Waals surface area (Å²) in [4.78, 5) is 57.2. The molecule has 1 rings (SSSR count). The number of hydrogen-bond donors (Lipinski definition) is 6. The number of amides is 3. The van der Waals surface area contributed by atoms with E-state index in [1.165, 1.54) is 10.9 Å². The Bertz CT molecular complexity index is 881. The molecule has 6 N–H and O–H groups in total. The highest BCUT2D eigenvalue weighted by atomic mass is 19.1. The monoisotopic (exact) mass is 504 g/mol. The van der Waals surface area contributed by atoms with E-state index in [1.54, 1.807) is 0 Å². The quantitative estimate of drug-likeness (QED) is 0.0912. The van der Waals surface area contributed by atoms with Gasteiger partial charge in [0.15, 0.2) is 6.04 Å². The number of carboxylic acids is 3. The molecule has 2 atom stereocenters. The van der Waals surface area contributed by atoms with Gasteiger partial charge < -0.3 is 26.0 Å². The van der Waals surface area contributed by atoms with Crippen LogP contribution >= 0.6 is 0 Å². The first-order valence-corrected chi connectivity index (χ1v) is 10.7. The lowest BCUT2D eigenvalue weighted by Crippen LogP contribution is -2.52. The number of alkyl halides is 1. The average Bonchev–Trinajstić information content (AvgIpc) is 3.22. The molecule has 196 valence electrons. The number of nitrogens with one attached hydrogen (secondary N) is 2. The molecule has 0 saturated carbocycles. The van der Waals surface area contributed by atoms with E-state index in [0.29, 0.717) is 25.0 Å². The molecule has 0 aliphatic heterocycles. The Morgan fingerprint density at radius 3 is 2.37 bits per heavy atom. The molecule has 0 fully saturated rings. The molecular weight excluding hydrogens is 475 g/mol. The topological polar surface area (TPSA) is 224 Å². The van der Waals surface area contributed by atoms with Crippen molar-refractivity contribution in [3.8, 4) is 0 Å². The predicted octanol–water partition coefficient (Wildman–Crippen LogP) is -0.361. The molecule has 15 nitrogen and oxygen atoms in total. The maximum atomic E-state index is 12.2. The second-order valence-corrected chi connectivity index (χ2v) is 7.52. The fourth-order valence-corrected chi connectivity index (χ4v) is 2.91. The Hall–Kier alpha value is -3.82. The van der Waals surface area contributed by atoms with E-state index in [1.807, 2.05) is 5.32 Å². The maximum absolute atomic E-state index is 12.2. The van der Waals surface area contributed by atoms with Gasteiger partial charge in [-0.3, -0.25) is 19.2 Å². The SMILES string of the molecule is O=C(O)CC[C@@H](C(=O)O)N(O)C(=O)N[C@@H](CCCCNC(=O)Cn1cc(CCCF)nn1)C(=O)O. The molecule has 1 aromatic heterocycles. The lowest BCUT2D eigenvalue weighted by Gasteiger charge is -2.24. The van der Waals surface area contributed by atoms with Gasteiger partial charge in [0.2, 0.25) is 5.91 Å². The number of hydrogen-bond acceptors (Lipinski definition) is 8. The van der Waals surface area contributed by atoms with Gasteiger partial charge in [0.05, 0.1) is 12.4 Å². The van der Waals surface area contributed by atoms with Crippen LogP contribution < -0.4 is 10.6 Å². The van der Waals surface area contributed by atoms with E-state index >= 15 is 0 Å². The number of carbonyl (C=O) groups is 5. The Morgan fingerprint density at radius 2 is 1.77 bits per heavy atom. The minimum Gasteiger partial charge on any atom is -0.481 e. The van der Waals surface area contributed by atoms with Crippen LogP contribution in [-0.4, -0.2) is 95.7 Å². The number of halogens is 1. The standard InChI is InChI=1S/C19H29FN6O9/c20-8-3-4-12-10-25(24-23-12)11-15(27)21-9-2-1-5-13(17(30)31)22-19(34)26(35)14(18(32)33)6-7-16(28)29/h10,13-14,35H,1-9,11H2,(H,21,27)(H,22,34)(H,28,29)(H,30,31)(H,32,33)/t13-,14-/m0/s1. The molecule has 0 saturated heterocycles. The summed E-state index contributed by atoms with van der Waals surface area (Å²) in [5, 5.41) is 48.8.